The summed E-state index contributed by atoms with van der Waals surface area (Å²) in [5.74, 6) is -0.303. The largest absolute Gasteiger partial charge is 0.383 e. The second kappa shape index (κ2) is 8.67. The number of methoxy groups -OCH3 is 1. The van der Waals surface area contributed by atoms with Crippen molar-refractivity contribution in [3.05, 3.63) is 76.0 Å². The number of hydrogen-bond acceptors (Lipinski definition) is 4. The summed E-state index contributed by atoms with van der Waals surface area (Å²) in [5.41, 5.74) is 2.99. The molecule has 1 N–H and O–H groups in total. The molecule has 0 saturated carbocycles. The summed E-state index contributed by atoms with van der Waals surface area (Å²) >= 11 is 0. The van der Waals surface area contributed by atoms with Gasteiger partial charge in [-0.25, -0.2) is 0 Å². The molecule has 2 aromatic carbocycles. The molecular weight excluding hydrogens is 358 g/mol. The van der Waals surface area contributed by atoms with Crippen LogP contribution in [0, 0.1) is 10.1 Å². The van der Waals surface area contributed by atoms with Gasteiger partial charge in [0, 0.05) is 62.3 Å². The fourth-order valence-electron chi connectivity index (χ4n) is 3.44. The predicted molar refractivity (Wildman–Crippen MR) is 107 cm³/mol. The zero-order chi connectivity index (χ0) is 20.1. The number of para-hydroxylation sites is 1. The Morgan fingerprint density at radius 3 is 2.61 bits per heavy atom. The van der Waals surface area contributed by atoms with Gasteiger partial charge in [-0.3, -0.25) is 14.9 Å². The lowest BCUT2D eigenvalue weighted by atomic mass is 9.88. The molecule has 0 saturated heterocycles. The third kappa shape index (κ3) is 4.20. The first-order chi connectivity index (χ1) is 13.5. The molecule has 146 valence electrons. The third-order valence-corrected chi connectivity index (χ3v) is 4.83. The Morgan fingerprint density at radius 2 is 1.93 bits per heavy atom. The average Bonchev–Trinajstić information content (AvgIpc) is 3.03. The number of ether oxygens (including phenoxy) is 1. The van der Waals surface area contributed by atoms with E-state index in [4.69, 9.17) is 4.74 Å². The standard InChI is InChI=1S/C21H23N3O4/c1-23-14-19(17-5-3-4-6-20(17)23)18(13-21(25)22-11-12-28-2)15-7-9-16(10-8-15)24(26)27/h3-10,14,18H,11-13H2,1-2H3,(H,22,25). The first kappa shape index (κ1) is 19.6. The van der Waals surface area contributed by atoms with Crippen LogP contribution in [0.25, 0.3) is 10.9 Å². The second-order valence-electron chi connectivity index (χ2n) is 6.66. The van der Waals surface area contributed by atoms with Crippen molar-refractivity contribution in [1.82, 2.24) is 9.88 Å². The summed E-state index contributed by atoms with van der Waals surface area (Å²) in [6.45, 7) is 0.889. The van der Waals surface area contributed by atoms with Gasteiger partial charge in [0.05, 0.1) is 11.5 Å². The molecule has 1 unspecified atom stereocenters. The first-order valence-corrected chi connectivity index (χ1v) is 9.05. The molecule has 0 bridgehead atoms. The molecule has 1 amide bonds. The highest BCUT2D eigenvalue weighted by molar-refractivity contribution is 5.86. The molecule has 0 spiro atoms. The maximum Gasteiger partial charge on any atom is 0.269 e. The highest BCUT2D eigenvalue weighted by Crippen LogP contribution is 2.35. The number of aromatic nitrogens is 1. The molecule has 3 aromatic rings. The molecular formula is C21H23N3O4. The molecule has 28 heavy (non-hydrogen) atoms. The summed E-state index contributed by atoms with van der Waals surface area (Å²) in [5, 5.41) is 14.9. The summed E-state index contributed by atoms with van der Waals surface area (Å²) in [7, 11) is 3.55. The van der Waals surface area contributed by atoms with E-state index in [0.717, 1.165) is 22.0 Å². The molecule has 3 rings (SSSR count). The van der Waals surface area contributed by atoms with Gasteiger partial charge in [0.15, 0.2) is 0 Å². The number of nitrogens with one attached hydrogen (secondary N) is 1. The molecule has 1 atom stereocenters. The van der Waals surface area contributed by atoms with Crippen molar-refractivity contribution in [3.63, 3.8) is 0 Å². The lowest BCUT2D eigenvalue weighted by Gasteiger charge is -2.17. The molecule has 0 fully saturated rings. The Kier molecular flexibility index (Phi) is 6.06. The number of carbonyl (C=O) groups excluding carboxylic acids is 1. The fourth-order valence-corrected chi connectivity index (χ4v) is 3.44. The number of hydrogen-bond donors (Lipinski definition) is 1. The van der Waals surface area contributed by atoms with E-state index >= 15 is 0 Å². The van der Waals surface area contributed by atoms with Crippen LogP contribution in [0.3, 0.4) is 0 Å². The van der Waals surface area contributed by atoms with E-state index in [9.17, 15) is 14.9 Å². The van der Waals surface area contributed by atoms with Gasteiger partial charge in [0.25, 0.3) is 5.69 Å². The second-order valence-corrected chi connectivity index (χ2v) is 6.66. The molecule has 7 heteroatoms. The number of nitro groups is 1. The smallest absolute Gasteiger partial charge is 0.269 e. The quantitative estimate of drug-likeness (QED) is 0.368. The number of nitro benzene ring substituents is 1. The van der Waals surface area contributed by atoms with Crippen LogP contribution in [0.2, 0.25) is 0 Å². The monoisotopic (exact) mass is 381 g/mol. The Balaban J connectivity index is 1.98. The van der Waals surface area contributed by atoms with Crippen LogP contribution in [0.1, 0.15) is 23.5 Å². The van der Waals surface area contributed by atoms with Crippen LogP contribution >= 0.6 is 0 Å². The van der Waals surface area contributed by atoms with Crippen molar-refractivity contribution in [3.8, 4) is 0 Å². The summed E-state index contributed by atoms with van der Waals surface area (Å²) < 4.78 is 7.01. The maximum atomic E-state index is 12.5. The first-order valence-electron chi connectivity index (χ1n) is 9.05. The van der Waals surface area contributed by atoms with Crippen molar-refractivity contribution < 1.29 is 14.5 Å². The van der Waals surface area contributed by atoms with Crippen LogP contribution in [0.5, 0.6) is 0 Å². The van der Waals surface area contributed by atoms with E-state index in [1.165, 1.54) is 12.1 Å². The molecule has 0 aliphatic heterocycles. The van der Waals surface area contributed by atoms with E-state index in [-0.39, 0.29) is 23.9 Å². The van der Waals surface area contributed by atoms with E-state index in [0.29, 0.717) is 13.2 Å². The van der Waals surface area contributed by atoms with Crippen LogP contribution in [0.15, 0.2) is 54.7 Å². The fraction of sp³-hybridized carbons (Fsp3) is 0.286. The van der Waals surface area contributed by atoms with Crippen LogP contribution in [-0.4, -0.2) is 35.7 Å². The maximum absolute atomic E-state index is 12.5. The zero-order valence-corrected chi connectivity index (χ0v) is 15.9. The van der Waals surface area contributed by atoms with Crippen molar-refractivity contribution in [2.24, 2.45) is 7.05 Å². The number of amides is 1. The molecule has 0 radical (unpaired) electrons. The van der Waals surface area contributed by atoms with E-state index in [1.807, 2.05) is 42.1 Å². The van der Waals surface area contributed by atoms with Crippen molar-refractivity contribution >= 4 is 22.5 Å². The lowest BCUT2D eigenvalue weighted by Crippen LogP contribution is -2.28. The minimum Gasteiger partial charge on any atom is -0.383 e. The molecule has 1 aromatic heterocycles. The number of benzene rings is 2. The number of carbonyl (C=O) groups is 1. The molecule has 1 heterocycles. The normalized spacial score (nSPS) is 12.1. The van der Waals surface area contributed by atoms with Crippen LogP contribution in [-0.2, 0) is 16.6 Å². The number of aryl methyl sites for hydroxylation is 1. The molecule has 0 aliphatic rings. The summed E-state index contributed by atoms with van der Waals surface area (Å²) in [6, 6.07) is 14.4. The van der Waals surface area contributed by atoms with Crippen molar-refractivity contribution in [2.45, 2.75) is 12.3 Å². The van der Waals surface area contributed by atoms with E-state index < -0.39 is 4.92 Å². The average molecular weight is 381 g/mol. The highest BCUT2D eigenvalue weighted by Gasteiger charge is 2.23. The number of fused-ring (bicyclic) bond motifs is 1. The topological polar surface area (TPSA) is 86.4 Å². The van der Waals surface area contributed by atoms with Crippen molar-refractivity contribution in [2.75, 3.05) is 20.3 Å². The highest BCUT2D eigenvalue weighted by atomic mass is 16.6. The Bertz CT molecular complexity index is 979. The van der Waals surface area contributed by atoms with Gasteiger partial charge in [0.2, 0.25) is 5.91 Å². The van der Waals surface area contributed by atoms with E-state index in [1.54, 1.807) is 19.2 Å². The number of rotatable bonds is 8. The molecule has 7 nitrogen and oxygen atoms in total. The summed E-state index contributed by atoms with van der Waals surface area (Å²) in [4.78, 5) is 23.1. The van der Waals surface area contributed by atoms with Gasteiger partial charge in [-0.2, -0.15) is 0 Å². The number of nitrogens with zero attached hydrogens (tertiary/aromatic N) is 2. The van der Waals surface area contributed by atoms with Gasteiger partial charge in [-0.15, -0.1) is 0 Å². The minimum absolute atomic E-state index is 0.0324. The van der Waals surface area contributed by atoms with Crippen molar-refractivity contribution in [1.29, 1.82) is 0 Å². The van der Waals surface area contributed by atoms with E-state index in [2.05, 4.69) is 5.32 Å². The van der Waals surface area contributed by atoms with Gasteiger partial charge in [0.1, 0.15) is 0 Å². The van der Waals surface area contributed by atoms with Gasteiger partial charge in [-0.1, -0.05) is 30.3 Å². The summed E-state index contributed by atoms with van der Waals surface area (Å²) in [6.07, 6.45) is 2.27. The molecule has 0 aliphatic carbocycles. The Morgan fingerprint density at radius 1 is 1.21 bits per heavy atom. The Hall–Kier alpha value is -3.19. The van der Waals surface area contributed by atoms with Gasteiger partial charge < -0.3 is 14.6 Å². The Labute approximate surface area is 163 Å². The third-order valence-electron chi connectivity index (χ3n) is 4.83. The zero-order valence-electron chi connectivity index (χ0n) is 15.9. The lowest BCUT2D eigenvalue weighted by molar-refractivity contribution is -0.384. The van der Waals surface area contributed by atoms with Gasteiger partial charge >= 0.3 is 0 Å². The van der Waals surface area contributed by atoms with Gasteiger partial charge in [-0.05, 0) is 17.2 Å². The predicted octanol–water partition coefficient (Wildman–Crippen LogP) is 3.37. The van der Waals surface area contributed by atoms with Crippen LogP contribution in [0.4, 0.5) is 5.69 Å². The van der Waals surface area contributed by atoms with Crippen LogP contribution < -0.4 is 5.32 Å². The SMILES string of the molecule is COCCNC(=O)CC(c1ccc([N+](=O)[O-])cc1)c1cn(C)c2ccccc12. The minimum atomic E-state index is -0.422. The number of non-ortho nitro benzene ring substituents is 1.